The zero-order valence-electron chi connectivity index (χ0n) is 8.94. The second-order valence-electron chi connectivity index (χ2n) is 4.19. The minimum absolute atomic E-state index is 0.0118. The molecule has 2 heteroatoms. The lowest BCUT2D eigenvalue weighted by Crippen LogP contribution is -2.38. The van der Waals surface area contributed by atoms with Crippen molar-refractivity contribution in [2.45, 2.75) is 32.5 Å². The highest BCUT2D eigenvalue weighted by Crippen LogP contribution is 2.31. The summed E-state index contributed by atoms with van der Waals surface area (Å²) in [6.07, 6.45) is -0.830. The van der Waals surface area contributed by atoms with Crippen LogP contribution in [-0.2, 0) is 0 Å². The van der Waals surface area contributed by atoms with Gasteiger partial charge in [-0.2, -0.15) is 0 Å². The predicted octanol–water partition coefficient (Wildman–Crippen LogP) is 2.13. The summed E-state index contributed by atoms with van der Waals surface area (Å²) in [5.74, 6) is 0.0118. The highest BCUT2D eigenvalue weighted by Gasteiger charge is 2.34. The average molecular weight is 194 g/mol. The minimum atomic E-state index is -1.08. The van der Waals surface area contributed by atoms with E-state index in [9.17, 15) is 10.2 Å². The van der Waals surface area contributed by atoms with Gasteiger partial charge in [0.2, 0.25) is 0 Å². The van der Waals surface area contributed by atoms with Gasteiger partial charge in [0.05, 0.1) is 5.60 Å². The van der Waals surface area contributed by atoms with E-state index >= 15 is 0 Å². The first-order chi connectivity index (χ1) is 6.46. The Morgan fingerprint density at radius 2 is 1.64 bits per heavy atom. The molecule has 0 amide bonds. The van der Waals surface area contributed by atoms with E-state index in [0.717, 1.165) is 5.56 Å². The summed E-state index contributed by atoms with van der Waals surface area (Å²) >= 11 is 0. The van der Waals surface area contributed by atoms with Crippen LogP contribution < -0.4 is 0 Å². The Kier molecular flexibility index (Phi) is 3.29. The largest absolute Gasteiger partial charge is 0.387 e. The Balaban J connectivity index is 2.90. The minimum Gasteiger partial charge on any atom is -0.387 e. The number of benzene rings is 1. The van der Waals surface area contributed by atoms with Crippen molar-refractivity contribution in [1.82, 2.24) is 0 Å². The SMILES string of the molecule is CC(C)[C@](C)(O)[C@H](O)c1ccccc1. The van der Waals surface area contributed by atoms with E-state index in [2.05, 4.69) is 0 Å². The molecule has 0 spiro atoms. The fraction of sp³-hybridized carbons (Fsp3) is 0.500. The summed E-state index contributed by atoms with van der Waals surface area (Å²) in [7, 11) is 0. The standard InChI is InChI=1S/C12H18O2/c1-9(2)12(3,14)11(13)10-7-5-4-6-8-10/h4-9,11,13-14H,1-3H3/t11-,12+/m1/s1. The predicted molar refractivity (Wildman–Crippen MR) is 56.9 cm³/mol. The van der Waals surface area contributed by atoms with E-state index in [1.165, 1.54) is 0 Å². The summed E-state index contributed by atoms with van der Waals surface area (Å²) < 4.78 is 0. The first kappa shape index (κ1) is 11.2. The van der Waals surface area contributed by atoms with Crippen molar-refractivity contribution in [2.75, 3.05) is 0 Å². The summed E-state index contributed by atoms with van der Waals surface area (Å²) in [5, 5.41) is 20.0. The molecule has 0 saturated carbocycles. The molecule has 0 radical (unpaired) electrons. The first-order valence-corrected chi connectivity index (χ1v) is 4.91. The molecule has 0 aliphatic rings. The lowest BCUT2D eigenvalue weighted by atomic mass is 9.83. The van der Waals surface area contributed by atoms with Gasteiger partial charge in [0, 0.05) is 0 Å². The summed E-state index contributed by atoms with van der Waals surface area (Å²) in [6.45, 7) is 5.45. The van der Waals surface area contributed by atoms with Crippen molar-refractivity contribution in [2.24, 2.45) is 5.92 Å². The van der Waals surface area contributed by atoms with Crippen molar-refractivity contribution < 1.29 is 10.2 Å². The maximum atomic E-state index is 10.1. The molecule has 1 aromatic carbocycles. The van der Waals surface area contributed by atoms with Gasteiger partial charge in [-0.1, -0.05) is 44.2 Å². The van der Waals surface area contributed by atoms with Crippen LogP contribution in [0.15, 0.2) is 30.3 Å². The Labute approximate surface area is 85.2 Å². The molecule has 0 saturated heterocycles. The molecule has 1 rings (SSSR count). The van der Waals surface area contributed by atoms with E-state index in [-0.39, 0.29) is 5.92 Å². The molecular weight excluding hydrogens is 176 g/mol. The maximum absolute atomic E-state index is 10.1. The fourth-order valence-corrected chi connectivity index (χ4v) is 1.29. The summed E-state index contributed by atoms with van der Waals surface area (Å²) in [6, 6.07) is 9.24. The van der Waals surface area contributed by atoms with Crippen molar-refractivity contribution in [3.8, 4) is 0 Å². The van der Waals surface area contributed by atoms with Crippen molar-refractivity contribution in [3.63, 3.8) is 0 Å². The zero-order chi connectivity index (χ0) is 10.8. The Hall–Kier alpha value is -0.860. The number of aliphatic hydroxyl groups excluding tert-OH is 1. The molecule has 78 valence electrons. The van der Waals surface area contributed by atoms with E-state index in [0.29, 0.717) is 0 Å². The highest BCUT2D eigenvalue weighted by molar-refractivity contribution is 5.20. The Morgan fingerprint density at radius 1 is 1.14 bits per heavy atom. The molecule has 1 aromatic rings. The summed E-state index contributed by atoms with van der Waals surface area (Å²) in [5.41, 5.74) is -0.326. The molecule has 0 unspecified atom stereocenters. The van der Waals surface area contributed by atoms with Crippen LogP contribution in [0, 0.1) is 5.92 Å². The van der Waals surface area contributed by atoms with Crippen molar-refractivity contribution in [3.05, 3.63) is 35.9 Å². The van der Waals surface area contributed by atoms with Gasteiger partial charge in [0.15, 0.2) is 0 Å². The molecule has 2 atom stereocenters. The molecule has 0 bridgehead atoms. The third-order valence-corrected chi connectivity index (χ3v) is 2.84. The van der Waals surface area contributed by atoms with Gasteiger partial charge in [0.25, 0.3) is 0 Å². The smallest absolute Gasteiger partial charge is 0.108 e. The third-order valence-electron chi connectivity index (χ3n) is 2.84. The second-order valence-corrected chi connectivity index (χ2v) is 4.19. The van der Waals surface area contributed by atoms with Crippen LogP contribution >= 0.6 is 0 Å². The number of aliphatic hydroxyl groups is 2. The van der Waals surface area contributed by atoms with Crippen LogP contribution in [0.5, 0.6) is 0 Å². The molecule has 2 N–H and O–H groups in total. The van der Waals surface area contributed by atoms with Gasteiger partial charge in [-0.05, 0) is 18.4 Å². The van der Waals surface area contributed by atoms with Crippen LogP contribution in [0.4, 0.5) is 0 Å². The number of hydrogen-bond donors (Lipinski definition) is 2. The molecule has 0 aliphatic heterocycles. The molecule has 0 heterocycles. The van der Waals surface area contributed by atoms with Gasteiger partial charge in [-0.15, -0.1) is 0 Å². The van der Waals surface area contributed by atoms with Gasteiger partial charge >= 0.3 is 0 Å². The molecule has 0 fully saturated rings. The lowest BCUT2D eigenvalue weighted by Gasteiger charge is -2.33. The Bertz CT molecular complexity index is 278. The van der Waals surface area contributed by atoms with Crippen molar-refractivity contribution >= 4 is 0 Å². The van der Waals surface area contributed by atoms with Crippen LogP contribution in [0.1, 0.15) is 32.4 Å². The lowest BCUT2D eigenvalue weighted by molar-refractivity contribution is -0.0941. The Morgan fingerprint density at radius 3 is 2.07 bits per heavy atom. The van der Waals surface area contributed by atoms with Crippen LogP contribution in [0.3, 0.4) is 0 Å². The van der Waals surface area contributed by atoms with Gasteiger partial charge in [0.1, 0.15) is 6.10 Å². The molecule has 0 aromatic heterocycles. The number of rotatable bonds is 3. The molecular formula is C12H18O2. The van der Waals surface area contributed by atoms with Gasteiger partial charge in [-0.25, -0.2) is 0 Å². The van der Waals surface area contributed by atoms with Crippen LogP contribution in [0.25, 0.3) is 0 Å². The van der Waals surface area contributed by atoms with E-state index in [1.54, 1.807) is 6.92 Å². The average Bonchev–Trinajstić information content (AvgIpc) is 2.17. The normalized spacial score (nSPS) is 17.9. The fourth-order valence-electron chi connectivity index (χ4n) is 1.29. The van der Waals surface area contributed by atoms with Crippen LogP contribution in [0.2, 0.25) is 0 Å². The second kappa shape index (κ2) is 4.11. The van der Waals surface area contributed by atoms with E-state index in [4.69, 9.17) is 0 Å². The van der Waals surface area contributed by atoms with Gasteiger partial charge in [-0.3, -0.25) is 0 Å². The number of hydrogen-bond acceptors (Lipinski definition) is 2. The monoisotopic (exact) mass is 194 g/mol. The maximum Gasteiger partial charge on any atom is 0.108 e. The van der Waals surface area contributed by atoms with E-state index in [1.807, 2.05) is 44.2 Å². The molecule has 0 aliphatic carbocycles. The molecule has 14 heavy (non-hydrogen) atoms. The quantitative estimate of drug-likeness (QED) is 0.773. The highest BCUT2D eigenvalue weighted by atomic mass is 16.3. The molecule has 2 nitrogen and oxygen atoms in total. The topological polar surface area (TPSA) is 40.5 Å². The first-order valence-electron chi connectivity index (χ1n) is 4.91. The third kappa shape index (κ3) is 2.14. The van der Waals surface area contributed by atoms with Crippen LogP contribution in [-0.4, -0.2) is 15.8 Å². The summed E-state index contributed by atoms with van der Waals surface area (Å²) in [4.78, 5) is 0. The van der Waals surface area contributed by atoms with Crippen molar-refractivity contribution in [1.29, 1.82) is 0 Å². The van der Waals surface area contributed by atoms with E-state index < -0.39 is 11.7 Å². The van der Waals surface area contributed by atoms with Gasteiger partial charge < -0.3 is 10.2 Å². The zero-order valence-corrected chi connectivity index (χ0v) is 8.94.